The Morgan fingerprint density at radius 1 is 1.21 bits per heavy atom. The second kappa shape index (κ2) is 9.52. The number of hydrazine groups is 1. The van der Waals surface area contributed by atoms with E-state index in [-0.39, 0.29) is 30.2 Å². The molecule has 0 saturated carbocycles. The van der Waals surface area contributed by atoms with Gasteiger partial charge in [-0.25, -0.2) is 10.4 Å². The van der Waals surface area contributed by atoms with Crippen molar-refractivity contribution in [3.8, 4) is 5.75 Å². The third kappa shape index (κ3) is 4.62. The Balaban J connectivity index is 1.39. The van der Waals surface area contributed by atoms with Crippen LogP contribution in [0.4, 0.5) is 11.6 Å². The van der Waals surface area contributed by atoms with E-state index in [1.54, 1.807) is 13.3 Å². The Morgan fingerprint density at radius 3 is 2.62 bits per heavy atom. The monoisotopic (exact) mass is 468 g/mol. The molecule has 5 heterocycles. The standard InChI is InChI=1S/C24H36N8O2/c1-14-9-21(30-29-14)27-20-12-18-23(19(34-4)7-8-25-18)24(28-20)26-15-10-16-5-6-17(11-15)32(16)22(33)13-31(2)3/h7-8,12,14-17,21,29-30H,5-6,9-11,13H2,1-4H3,(H2,26,27,28)/t14?,15?,16-,17+,21?. The van der Waals surface area contributed by atoms with E-state index >= 15 is 0 Å². The van der Waals surface area contributed by atoms with Gasteiger partial charge in [0.2, 0.25) is 5.91 Å². The van der Waals surface area contributed by atoms with Gasteiger partial charge in [-0.1, -0.05) is 0 Å². The number of nitrogens with zero attached hydrogens (tertiary/aromatic N) is 4. The first-order chi connectivity index (χ1) is 16.4. The summed E-state index contributed by atoms with van der Waals surface area (Å²) in [4.78, 5) is 26.5. The van der Waals surface area contributed by atoms with Gasteiger partial charge in [-0.2, -0.15) is 0 Å². The summed E-state index contributed by atoms with van der Waals surface area (Å²) in [6, 6.07) is 5.05. The number of piperidine rings is 1. The highest BCUT2D eigenvalue weighted by Gasteiger charge is 2.43. The zero-order valence-corrected chi connectivity index (χ0v) is 20.5. The van der Waals surface area contributed by atoms with Crippen LogP contribution in [0, 0.1) is 0 Å². The number of nitrogens with one attached hydrogen (secondary N) is 4. The molecule has 10 nitrogen and oxygen atoms in total. The maximum Gasteiger partial charge on any atom is 0.237 e. The molecule has 5 atom stereocenters. The fourth-order valence-electron chi connectivity index (χ4n) is 5.73. The topological polar surface area (TPSA) is 107 Å². The van der Waals surface area contributed by atoms with Crippen LogP contribution in [-0.4, -0.2) is 83.8 Å². The van der Waals surface area contributed by atoms with Gasteiger partial charge < -0.3 is 25.2 Å². The minimum Gasteiger partial charge on any atom is -0.496 e. The highest BCUT2D eigenvalue weighted by molar-refractivity contribution is 5.96. The van der Waals surface area contributed by atoms with E-state index in [0.717, 1.165) is 60.4 Å². The third-order valence-electron chi connectivity index (χ3n) is 7.13. The minimum atomic E-state index is 0.0974. The Kier molecular flexibility index (Phi) is 6.46. The van der Waals surface area contributed by atoms with Crippen molar-refractivity contribution in [2.75, 3.05) is 38.4 Å². The van der Waals surface area contributed by atoms with Crippen molar-refractivity contribution in [1.29, 1.82) is 0 Å². The van der Waals surface area contributed by atoms with E-state index in [9.17, 15) is 4.79 Å². The molecule has 3 fully saturated rings. The van der Waals surface area contributed by atoms with Gasteiger partial charge in [0, 0.05) is 36.4 Å². The maximum absolute atomic E-state index is 12.8. The number of methoxy groups -OCH3 is 1. The molecule has 184 valence electrons. The Hall–Kier alpha value is -2.69. The number of aromatic nitrogens is 2. The lowest BCUT2D eigenvalue weighted by molar-refractivity contribution is -0.136. The first-order valence-corrected chi connectivity index (χ1v) is 12.2. The smallest absolute Gasteiger partial charge is 0.237 e. The van der Waals surface area contributed by atoms with Crippen LogP contribution in [0.15, 0.2) is 18.3 Å². The molecule has 3 unspecified atom stereocenters. The molecule has 3 saturated heterocycles. The highest BCUT2D eigenvalue weighted by atomic mass is 16.5. The molecule has 5 rings (SSSR count). The number of pyridine rings is 2. The van der Waals surface area contributed by atoms with Crippen LogP contribution in [0.1, 0.15) is 39.0 Å². The van der Waals surface area contributed by atoms with Crippen LogP contribution >= 0.6 is 0 Å². The van der Waals surface area contributed by atoms with Gasteiger partial charge in [-0.05, 0) is 59.2 Å². The molecular formula is C24H36N8O2. The average molecular weight is 469 g/mol. The van der Waals surface area contributed by atoms with Crippen LogP contribution in [0.25, 0.3) is 10.9 Å². The van der Waals surface area contributed by atoms with Crippen molar-refractivity contribution >= 4 is 28.4 Å². The summed E-state index contributed by atoms with van der Waals surface area (Å²) in [5, 5.41) is 8.09. The number of amides is 1. The molecule has 10 heteroatoms. The quantitative estimate of drug-likeness (QED) is 0.484. The molecular weight excluding hydrogens is 432 g/mol. The summed E-state index contributed by atoms with van der Waals surface area (Å²) in [7, 11) is 5.57. The van der Waals surface area contributed by atoms with E-state index in [0.29, 0.717) is 12.6 Å². The lowest BCUT2D eigenvalue weighted by atomic mass is 9.97. The molecule has 0 radical (unpaired) electrons. The maximum atomic E-state index is 12.8. The van der Waals surface area contributed by atoms with Crippen LogP contribution < -0.4 is 26.2 Å². The van der Waals surface area contributed by atoms with Crippen LogP contribution in [0.2, 0.25) is 0 Å². The molecule has 2 bridgehead atoms. The fraction of sp³-hybridized carbons (Fsp3) is 0.625. The van der Waals surface area contributed by atoms with E-state index in [4.69, 9.17) is 9.72 Å². The minimum absolute atomic E-state index is 0.0974. The summed E-state index contributed by atoms with van der Waals surface area (Å²) >= 11 is 0. The summed E-state index contributed by atoms with van der Waals surface area (Å²) in [5.74, 6) is 2.54. The highest BCUT2D eigenvalue weighted by Crippen LogP contribution is 2.39. The van der Waals surface area contributed by atoms with Crippen LogP contribution in [0.5, 0.6) is 5.75 Å². The Bertz CT molecular complexity index is 1030. The number of ether oxygens (including phenoxy) is 1. The third-order valence-corrected chi connectivity index (χ3v) is 7.13. The van der Waals surface area contributed by atoms with Crippen molar-refractivity contribution in [2.24, 2.45) is 0 Å². The lowest BCUT2D eigenvalue weighted by Gasteiger charge is -2.40. The van der Waals surface area contributed by atoms with Crippen LogP contribution in [-0.2, 0) is 4.79 Å². The summed E-state index contributed by atoms with van der Waals surface area (Å²) in [5.41, 5.74) is 7.34. The van der Waals surface area contributed by atoms with Crippen LogP contribution in [0.3, 0.4) is 0 Å². The van der Waals surface area contributed by atoms with E-state index in [2.05, 4.69) is 38.3 Å². The number of carbonyl (C=O) groups excluding carboxylic acids is 1. The van der Waals surface area contributed by atoms with Crippen molar-refractivity contribution in [3.05, 3.63) is 18.3 Å². The van der Waals surface area contributed by atoms with Gasteiger partial charge >= 0.3 is 0 Å². The first-order valence-electron chi connectivity index (χ1n) is 12.2. The lowest BCUT2D eigenvalue weighted by Crippen LogP contribution is -2.51. The number of likely N-dealkylation sites (N-methyl/N-ethyl adjacent to an activating group) is 1. The van der Waals surface area contributed by atoms with Gasteiger partial charge in [-0.3, -0.25) is 15.2 Å². The summed E-state index contributed by atoms with van der Waals surface area (Å²) in [6.45, 7) is 2.61. The molecule has 3 aliphatic heterocycles. The van der Waals surface area contributed by atoms with E-state index in [1.165, 1.54) is 0 Å². The van der Waals surface area contributed by atoms with Gasteiger partial charge in [0.15, 0.2) is 0 Å². The van der Waals surface area contributed by atoms with E-state index in [1.807, 2.05) is 31.1 Å². The zero-order chi connectivity index (χ0) is 23.8. The van der Waals surface area contributed by atoms with Gasteiger partial charge in [-0.15, -0.1) is 0 Å². The molecule has 2 aromatic rings. The molecule has 1 amide bonds. The SMILES string of the molecule is COc1ccnc2cc(NC3CC(C)NN3)nc(NC3C[C@H]4CC[C@@H](C3)N4C(=O)CN(C)C)c12. The normalized spacial score (nSPS) is 28.5. The number of hydrogen-bond donors (Lipinski definition) is 4. The number of hydrogen-bond acceptors (Lipinski definition) is 9. The fourth-order valence-corrected chi connectivity index (χ4v) is 5.73. The number of rotatable bonds is 7. The zero-order valence-electron chi connectivity index (χ0n) is 20.5. The number of fused-ring (bicyclic) bond motifs is 3. The van der Waals surface area contributed by atoms with Crippen molar-refractivity contribution in [3.63, 3.8) is 0 Å². The van der Waals surface area contributed by atoms with Crippen molar-refractivity contribution < 1.29 is 9.53 Å². The van der Waals surface area contributed by atoms with Gasteiger partial charge in [0.05, 0.1) is 30.7 Å². The summed E-state index contributed by atoms with van der Waals surface area (Å²) in [6.07, 6.45) is 6.80. The second-order valence-corrected chi connectivity index (χ2v) is 10.1. The van der Waals surface area contributed by atoms with E-state index < -0.39 is 0 Å². The average Bonchev–Trinajstić information content (AvgIpc) is 3.32. The van der Waals surface area contributed by atoms with Gasteiger partial charge in [0.1, 0.15) is 17.4 Å². The molecule has 3 aliphatic rings. The first kappa shape index (κ1) is 23.1. The Morgan fingerprint density at radius 2 is 1.97 bits per heavy atom. The molecule has 2 aromatic heterocycles. The molecule has 0 aliphatic carbocycles. The predicted molar refractivity (Wildman–Crippen MR) is 133 cm³/mol. The largest absolute Gasteiger partial charge is 0.496 e. The molecule has 4 N–H and O–H groups in total. The number of anilines is 2. The molecule has 34 heavy (non-hydrogen) atoms. The molecule has 0 spiro atoms. The van der Waals surface area contributed by atoms with Crippen molar-refractivity contribution in [2.45, 2.75) is 69.4 Å². The number of carbonyl (C=O) groups is 1. The predicted octanol–water partition coefficient (Wildman–Crippen LogP) is 1.76. The van der Waals surface area contributed by atoms with Gasteiger partial charge in [0.25, 0.3) is 0 Å². The Labute approximate surface area is 200 Å². The second-order valence-electron chi connectivity index (χ2n) is 10.1. The molecule has 0 aromatic carbocycles. The summed E-state index contributed by atoms with van der Waals surface area (Å²) < 4.78 is 5.66. The van der Waals surface area contributed by atoms with Crippen molar-refractivity contribution in [1.82, 2.24) is 30.6 Å².